The van der Waals surface area contributed by atoms with Crippen LogP contribution in [0.4, 0.5) is 21.9 Å². The maximum absolute atomic E-state index is 13.4. The van der Waals surface area contributed by atoms with Gasteiger partial charge >= 0.3 is 6.03 Å². The molecule has 9 heteroatoms. The van der Waals surface area contributed by atoms with Crippen LogP contribution in [0.5, 0.6) is 5.75 Å². The number of anilines is 3. The van der Waals surface area contributed by atoms with Crippen molar-refractivity contribution in [3.63, 3.8) is 0 Å². The molecule has 210 valence electrons. The van der Waals surface area contributed by atoms with E-state index in [2.05, 4.69) is 31.8 Å². The normalized spacial score (nSPS) is 16.9. The fourth-order valence-electron chi connectivity index (χ4n) is 5.21. The summed E-state index contributed by atoms with van der Waals surface area (Å²) in [6, 6.07) is 23.0. The first-order chi connectivity index (χ1) is 19.6. The van der Waals surface area contributed by atoms with Gasteiger partial charge in [0.25, 0.3) is 5.91 Å². The molecule has 0 aromatic heterocycles. The van der Waals surface area contributed by atoms with Crippen LogP contribution in [0.3, 0.4) is 0 Å². The smallest absolute Gasteiger partial charge is 0.319 e. The van der Waals surface area contributed by atoms with Crippen LogP contribution in [-0.4, -0.2) is 64.5 Å². The highest BCUT2D eigenvalue weighted by Crippen LogP contribution is 2.31. The molecule has 2 saturated heterocycles. The van der Waals surface area contributed by atoms with Gasteiger partial charge in [-0.05, 0) is 48.7 Å². The second-order valence-electron chi connectivity index (χ2n) is 10.0. The summed E-state index contributed by atoms with van der Waals surface area (Å²) >= 11 is 0. The van der Waals surface area contributed by atoms with Gasteiger partial charge in [-0.2, -0.15) is 0 Å². The lowest BCUT2D eigenvalue weighted by Crippen LogP contribution is -2.47. The fourth-order valence-corrected chi connectivity index (χ4v) is 5.21. The molecule has 0 bridgehead atoms. The second-order valence-corrected chi connectivity index (χ2v) is 10.0. The number of amides is 3. The average molecular weight is 544 g/mol. The molecule has 3 amide bonds. The van der Waals surface area contributed by atoms with Gasteiger partial charge in [0.05, 0.1) is 24.5 Å². The molecule has 2 aliphatic heterocycles. The van der Waals surface area contributed by atoms with Crippen molar-refractivity contribution < 1.29 is 19.1 Å². The van der Waals surface area contributed by atoms with E-state index in [-0.39, 0.29) is 18.0 Å². The summed E-state index contributed by atoms with van der Waals surface area (Å²) in [5, 5.41) is 8.80. The first-order valence-electron chi connectivity index (χ1n) is 13.9. The molecule has 3 aromatic rings. The van der Waals surface area contributed by atoms with Gasteiger partial charge in [0.1, 0.15) is 5.75 Å². The lowest BCUT2D eigenvalue weighted by atomic mass is 10.1. The lowest BCUT2D eigenvalue weighted by molar-refractivity contribution is 0.0858. The molecule has 3 N–H and O–H groups in total. The van der Waals surface area contributed by atoms with Crippen molar-refractivity contribution in [2.75, 3.05) is 61.6 Å². The molecule has 40 heavy (non-hydrogen) atoms. The van der Waals surface area contributed by atoms with Crippen LogP contribution in [0, 0.1) is 0 Å². The van der Waals surface area contributed by atoms with Gasteiger partial charge in [0.15, 0.2) is 0 Å². The maximum atomic E-state index is 13.4. The van der Waals surface area contributed by atoms with E-state index in [1.54, 1.807) is 13.2 Å². The van der Waals surface area contributed by atoms with Crippen LogP contribution in [0.1, 0.15) is 28.8 Å². The quantitative estimate of drug-likeness (QED) is 0.374. The number of rotatable bonds is 9. The number of piperazine rings is 1. The van der Waals surface area contributed by atoms with E-state index in [9.17, 15) is 9.59 Å². The standard InChI is InChI=1S/C31H37N5O4/c1-39-29-12-6-5-11-28(29)36-17-15-35(16-18-36)27-14-13-24(34-31(38)33-21-23-8-3-2-4-9-23)20-26(27)30(37)32-22-25-10-7-19-40-25/h2-6,8-9,11-14,20,25H,7,10,15-19,21-22H2,1H3,(H,32,37)(H2,33,34,38). The summed E-state index contributed by atoms with van der Waals surface area (Å²) in [6.45, 7) is 4.69. The molecular formula is C31H37N5O4. The number of ether oxygens (including phenoxy) is 2. The fraction of sp³-hybridized carbons (Fsp3) is 0.355. The molecule has 2 aliphatic rings. The molecule has 1 unspecified atom stereocenters. The van der Waals surface area contributed by atoms with Gasteiger partial charge in [-0.15, -0.1) is 0 Å². The van der Waals surface area contributed by atoms with Crippen molar-refractivity contribution in [1.82, 2.24) is 10.6 Å². The van der Waals surface area contributed by atoms with Crippen molar-refractivity contribution in [3.8, 4) is 5.75 Å². The summed E-state index contributed by atoms with van der Waals surface area (Å²) in [5.74, 6) is 0.678. The zero-order valence-corrected chi connectivity index (χ0v) is 22.9. The van der Waals surface area contributed by atoms with E-state index in [0.29, 0.717) is 24.3 Å². The van der Waals surface area contributed by atoms with Crippen molar-refractivity contribution in [2.45, 2.75) is 25.5 Å². The third-order valence-electron chi connectivity index (χ3n) is 7.36. The Hall–Kier alpha value is -4.24. The van der Waals surface area contributed by atoms with Gasteiger partial charge in [-0.1, -0.05) is 42.5 Å². The number of benzene rings is 3. The molecule has 0 radical (unpaired) electrons. The number of carbonyl (C=O) groups excluding carboxylic acids is 2. The molecule has 5 rings (SSSR count). The predicted octanol–water partition coefficient (Wildman–Crippen LogP) is 4.25. The van der Waals surface area contributed by atoms with Crippen LogP contribution >= 0.6 is 0 Å². The second kappa shape index (κ2) is 13.2. The molecule has 3 aromatic carbocycles. The molecule has 0 aliphatic carbocycles. The van der Waals surface area contributed by atoms with Crippen LogP contribution in [-0.2, 0) is 11.3 Å². The Morgan fingerprint density at radius 2 is 1.62 bits per heavy atom. The van der Waals surface area contributed by atoms with E-state index >= 15 is 0 Å². The van der Waals surface area contributed by atoms with Crippen LogP contribution < -0.4 is 30.5 Å². The SMILES string of the molecule is COc1ccccc1N1CCN(c2ccc(NC(=O)NCc3ccccc3)cc2C(=O)NCC2CCCO2)CC1. The molecule has 2 heterocycles. The van der Waals surface area contributed by atoms with Crippen LogP contribution in [0.15, 0.2) is 72.8 Å². The summed E-state index contributed by atoms with van der Waals surface area (Å²) in [7, 11) is 1.69. The van der Waals surface area contributed by atoms with E-state index < -0.39 is 0 Å². The minimum Gasteiger partial charge on any atom is -0.495 e. The van der Waals surface area contributed by atoms with Crippen LogP contribution in [0.2, 0.25) is 0 Å². The molecule has 0 saturated carbocycles. The highest BCUT2D eigenvalue weighted by molar-refractivity contribution is 6.02. The summed E-state index contributed by atoms with van der Waals surface area (Å²) in [5.41, 5.74) is 4.02. The lowest BCUT2D eigenvalue weighted by Gasteiger charge is -2.38. The van der Waals surface area contributed by atoms with Crippen molar-refractivity contribution in [2.24, 2.45) is 0 Å². The predicted molar refractivity (Wildman–Crippen MR) is 157 cm³/mol. The zero-order chi connectivity index (χ0) is 27.7. The summed E-state index contributed by atoms with van der Waals surface area (Å²) in [6.07, 6.45) is 2.00. The number of methoxy groups -OCH3 is 1. The molecule has 2 fully saturated rings. The number of nitrogens with one attached hydrogen (secondary N) is 3. The Kier molecular flexibility index (Phi) is 9.03. The monoisotopic (exact) mass is 543 g/mol. The first kappa shape index (κ1) is 27.3. The van der Waals surface area contributed by atoms with Gasteiger partial charge < -0.3 is 35.2 Å². The van der Waals surface area contributed by atoms with Gasteiger partial charge in [0.2, 0.25) is 0 Å². The third kappa shape index (κ3) is 6.84. The summed E-state index contributed by atoms with van der Waals surface area (Å²) < 4.78 is 11.3. The number of hydrogen-bond acceptors (Lipinski definition) is 6. The topological polar surface area (TPSA) is 95.2 Å². The Morgan fingerprint density at radius 1 is 0.900 bits per heavy atom. The number of nitrogens with zero attached hydrogens (tertiary/aromatic N) is 2. The summed E-state index contributed by atoms with van der Waals surface area (Å²) in [4.78, 5) is 30.6. The van der Waals surface area contributed by atoms with Gasteiger partial charge in [0, 0.05) is 57.3 Å². The zero-order valence-electron chi connectivity index (χ0n) is 22.9. The highest BCUT2D eigenvalue weighted by Gasteiger charge is 2.25. The Morgan fingerprint density at radius 3 is 2.35 bits per heavy atom. The van der Waals surface area contributed by atoms with Gasteiger partial charge in [-0.25, -0.2) is 4.79 Å². The maximum Gasteiger partial charge on any atom is 0.319 e. The number of urea groups is 1. The van der Waals surface area contributed by atoms with Crippen LogP contribution in [0.25, 0.3) is 0 Å². The first-order valence-corrected chi connectivity index (χ1v) is 13.9. The number of carbonyl (C=O) groups is 2. The highest BCUT2D eigenvalue weighted by atomic mass is 16.5. The van der Waals surface area contributed by atoms with Gasteiger partial charge in [-0.3, -0.25) is 4.79 Å². The molecular weight excluding hydrogens is 506 g/mol. The van der Waals surface area contributed by atoms with E-state index in [4.69, 9.17) is 9.47 Å². The van der Waals surface area contributed by atoms with Crippen molar-refractivity contribution in [3.05, 3.63) is 83.9 Å². The minimum atomic E-state index is -0.326. The Bertz CT molecular complexity index is 1290. The van der Waals surface area contributed by atoms with E-state index in [1.165, 1.54) is 0 Å². The van der Waals surface area contributed by atoms with E-state index in [1.807, 2.05) is 60.7 Å². The Balaban J connectivity index is 1.28. The molecule has 0 spiro atoms. The largest absolute Gasteiger partial charge is 0.495 e. The number of hydrogen-bond donors (Lipinski definition) is 3. The molecule has 1 atom stereocenters. The van der Waals surface area contributed by atoms with Crippen molar-refractivity contribution in [1.29, 1.82) is 0 Å². The molecule has 9 nitrogen and oxygen atoms in total. The third-order valence-corrected chi connectivity index (χ3v) is 7.36. The average Bonchev–Trinajstić information content (AvgIpc) is 3.53. The van der Waals surface area contributed by atoms with Crippen molar-refractivity contribution >= 4 is 29.0 Å². The number of para-hydroxylation sites is 2. The minimum absolute atomic E-state index is 0.0434. The van der Waals surface area contributed by atoms with E-state index in [0.717, 1.165) is 68.3 Å². The Labute approximate surface area is 235 Å².